The van der Waals surface area contributed by atoms with E-state index in [0.717, 1.165) is 0 Å². The molecule has 0 radical (unpaired) electrons. The first-order valence-corrected chi connectivity index (χ1v) is 5.35. The molecule has 4 N–H and O–H groups in total. The molecular weight excluding hydrogens is 230 g/mol. The van der Waals surface area contributed by atoms with Gasteiger partial charge in [-0.1, -0.05) is 0 Å². The quantitative estimate of drug-likeness (QED) is 0.505. The molecule has 0 amide bonds. The van der Waals surface area contributed by atoms with Gasteiger partial charge in [-0.25, -0.2) is 0 Å². The molecule has 2 aliphatic rings. The lowest BCUT2D eigenvalue weighted by atomic mass is 9.85. The van der Waals surface area contributed by atoms with Crippen molar-refractivity contribution in [3.05, 3.63) is 0 Å². The Bertz CT molecular complexity index is 369. The van der Waals surface area contributed by atoms with Gasteiger partial charge in [-0.2, -0.15) is 0 Å². The second kappa shape index (κ2) is 3.99. The van der Waals surface area contributed by atoms with Gasteiger partial charge in [-0.3, -0.25) is 14.4 Å². The fourth-order valence-electron chi connectivity index (χ4n) is 3.13. The summed E-state index contributed by atoms with van der Waals surface area (Å²) in [7, 11) is 0. The smallest absolute Gasteiger partial charge is 0.321 e. The molecule has 2 fully saturated rings. The van der Waals surface area contributed by atoms with Crippen molar-refractivity contribution in [2.75, 3.05) is 6.54 Å². The highest BCUT2D eigenvalue weighted by atomic mass is 16.4. The molecule has 0 spiro atoms. The molecule has 0 aromatic rings. The van der Waals surface area contributed by atoms with Gasteiger partial charge in [0.2, 0.25) is 0 Å². The molecule has 7 nitrogen and oxygen atoms in total. The van der Waals surface area contributed by atoms with E-state index in [4.69, 9.17) is 15.3 Å². The van der Waals surface area contributed by atoms with Crippen molar-refractivity contribution >= 4 is 17.9 Å². The highest BCUT2D eigenvalue weighted by molar-refractivity contribution is 5.80. The van der Waals surface area contributed by atoms with E-state index in [2.05, 4.69) is 5.32 Å². The third-order valence-electron chi connectivity index (χ3n) is 3.84. The maximum atomic E-state index is 11.1. The summed E-state index contributed by atoms with van der Waals surface area (Å²) in [5.74, 6) is -5.97. The molecule has 0 unspecified atom stereocenters. The Kier molecular flexibility index (Phi) is 2.78. The fourth-order valence-corrected chi connectivity index (χ4v) is 3.13. The molecule has 1 heterocycles. The molecule has 2 rings (SSSR count). The summed E-state index contributed by atoms with van der Waals surface area (Å²) in [4.78, 5) is 33.1. The van der Waals surface area contributed by atoms with Crippen LogP contribution in [0.15, 0.2) is 0 Å². The Hall–Kier alpha value is -1.63. The van der Waals surface area contributed by atoms with E-state index in [-0.39, 0.29) is 13.0 Å². The summed E-state index contributed by atoms with van der Waals surface area (Å²) >= 11 is 0. The van der Waals surface area contributed by atoms with Crippen LogP contribution in [0.2, 0.25) is 0 Å². The number of hydrogen-bond acceptors (Lipinski definition) is 4. The number of fused-ring (bicyclic) bond motifs is 1. The van der Waals surface area contributed by atoms with E-state index in [9.17, 15) is 14.4 Å². The first-order valence-electron chi connectivity index (χ1n) is 5.35. The lowest BCUT2D eigenvalue weighted by molar-refractivity contribution is -0.145. The van der Waals surface area contributed by atoms with Crippen molar-refractivity contribution in [2.24, 2.45) is 23.7 Å². The molecule has 1 saturated carbocycles. The number of hydrogen-bond donors (Lipinski definition) is 4. The topological polar surface area (TPSA) is 124 Å². The Labute approximate surface area is 96.4 Å². The molecule has 17 heavy (non-hydrogen) atoms. The highest BCUT2D eigenvalue weighted by Gasteiger charge is 2.57. The summed E-state index contributed by atoms with van der Waals surface area (Å²) < 4.78 is 0. The summed E-state index contributed by atoms with van der Waals surface area (Å²) in [6, 6.07) is -0.953. The van der Waals surface area contributed by atoms with E-state index in [1.807, 2.05) is 0 Å². The summed E-state index contributed by atoms with van der Waals surface area (Å²) in [5, 5.41) is 29.7. The van der Waals surface area contributed by atoms with E-state index in [1.165, 1.54) is 0 Å². The van der Waals surface area contributed by atoms with E-state index in [0.29, 0.717) is 0 Å². The van der Waals surface area contributed by atoms with Crippen molar-refractivity contribution < 1.29 is 29.7 Å². The third-order valence-corrected chi connectivity index (χ3v) is 3.84. The molecule has 94 valence electrons. The van der Waals surface area contributed by atoms with Crippen LogP contribution in [0.5, 0.6) is 0 Å². The first kappa shape index (κ1) is 11.8. The fraction of sp³-hybridized carbons (Fsp3) is 0.700. The van der Waals surface area contributed by atoms with Crippen LogP contribution in [-0.4, -0.2) is 45.8 Å². The zero-order valence-electron chi connectivity index (χ0n) is 8.87. The average molecular weight is 243 g/mol. The minimum atomic E-state index is -1.12. The monoisotopic (exact) mass is 243 g/mol. The minimum absolute atomic E-state index is 0.0193. The Morgan fingerprint density at radius 1 is 0.941 bits per heavy atom. The zero-order valence-corrected chi connectivity index (χ0v) is 8.87. The summed E-state index contributed by atoms with van der Waals surface area (Å²) in [5.41, 5.74) is 0. The van der Waals surface area contributed by atoms with E-state index < -0.39 is 47.6 Å². The molecule has 1 saturated heterocycles. The second-order valence-electron chi connectivity index (χ2n) is 4.59. The van der Waals surface area contributed by atoms with Crippen molar-refractivity contribution in [1.82, 2.24) is 5.32 Å². The maximum absolute atomic E-state index is 11.1. The first-order chi connectivity index (χ1) is 7.93. The average Bonchev–Trinajstić information content (AvgIpc) is 2.73. The van der Waals surface area contributed by atoms with E-state index >= 15 is 0 Å². The van der Waals surface area contributed by atoms with Crippen LogP contribution in [0.25, 0.3) is 0 Å². The second-order valence-corrected chi connectivity index (χ2v) is 4.59. The van der Waals surface area contributed by atoms with Crippen molar-refractivity contribution in [1.29, 1.82) is 0 Å². The largest absolute Gasteiger partial charge is 0.481 e. The maximum Gasteiger partial charge on any atom is 0.321 e. The van der Waals surface area contributed by atoms with Gasteiger partial charge in [-0.05, 0) is 18.9 Å². The third kappa shape index (κ3) is 1.76. The molecular formula is C10H13NO6. The Morgan fingerprint density at radius 3 is 2.00 bits per heavy atom. The highest BCUT2D eigenvalue weighted by Crippen LogP contribution is 2.46. The van der Waals surface area contributed by atoms with Gasteiger partial charge >= 0.3 is 17.9 Å². The van der Waals surface area contributed by atoms with Crippen molar-refractivity contribution in [3.8, 4) is 0 Å². The predicted molar refractivity (Wildman–Crippen MR) is 53.3 cm³/mol. The predicted octanol–water partition coefficient (Wildman–Crippen LogP) is -0.919. The van der Waals surface area contributed by atoms with Crippen LogP contribution in [0.4, 0.5) is 0 Å². The van der Waals surface area contributed by atoms with Crippen LogP contribution >= 0.6 is 0 Å². The van der Waals surface area contributed by atoms with Crippen LogP contribution in [0.3, 0.4) is 0 Å². The normalized spacial score (nSPS) is 39.9. The number of aliphatic carboxylic acids is 3. The van der Waals surface area contributed by atoms with Gasteiger partial charge in [0.1, 0.15) is 6.04 Å². The van der Waals surface area contributed by atoms with Crippen LogP contribution in [0, 0.1) is 23.7 Å². The van der Waals surface area contributed by atoms with Gasteiger partial charge < -0.3 is 20.6 Å². The van der Waals surface area contributed by atoms with E-state index in [1.54, 1.807) is 0 Å². The number of carboxylic acid groups (broad SMARTS) is 3. The van der Waals surface area contributed by atoms with Crippen molar-refractivity contribution in [2.45, 2.75) is 12.5 Å². The number of nitrogens with one attached hydrogen (secondary N) is 1. The molecule has 0 bridgehead atoms. The zero-order chi connectivity index (χ0) is 12.7. The van der Waals surface area contributed by atoms with Gasteiger partial charge in [-0.15, -0.1) is 0 Å². The molecule has 0 aromatic heterocycles. The number of rotatable bonds is 3. The van der Waals surface area contributed by atoms with Crippen molar-refractivity contribution in [3.63, 3.8) is 0 Å². The Morgan fingerprint density at radius 2 is 1.53 bits per heavy atom. The van der Waals surface area contributed by atoms with Crippen LogP contribution < -0.4 is 5.32 Å². The van der Waals surface area contributed by atoms with Gasteiger partial charge in [0.15, 0.2) is 0 Å². The van der Waals surface area contributed by atoms with Crippen LogP contribution in [-0.2, 0) is 14.4 Å². The van der Waals surface area contributed by atoms with Gasteiger partial charge in [0, 0.05) is 5.92 Å². The summed E-state index contributed by atoms with van der Waals surface area (Å²) in [6.45, 7) is 0.252. The molecule has 1 aliphatic carbocycles. The SMILES string of the molecule is O=C(O)[C@H]1C[C@@H](C(=O)O)[C@@H]2[C@H]1CN[C@H]2C(=O)O. The summed E-state index contributed by atoms with van der Waals surface area (Å²) in [6.07, 6.45) is 0.0193. The van der Waals surface area contributed by atoms with Gasteiger partial charge in [0.05, 0.1) is 11.8 Å². The molecule has 1 aliphatic heterocycles. The number of carboxylic acids is 3. The lowest BCUT2D eigenvalue weighted by Crippen LogP contribution is -2.39. The molecule has 7 heteroatoms. The minimum Gasteiger partial charge on any atom is -0.481 e. The molecule has 0 aromatic carbocycles. The lowest BCUT2D eigenvalue weighted by Gasteiger charge is -2.18. The standard InChI is InChI=1S/C10H13NO6/c12-8(13)3-1-4(9(14)15)6-5(3)2-11-7(6)10(16)17/h3-7,11H,1-2H2,(H,12,13)(H,14,15)(H,16,17)/t3-,4+,5-,6+,7+/m0/s1. The number of carbonyl (C=O) groups is 3. The Balaban J connectivity index is 2.29. The van der Waals surface area contributed by atoms with Gasteiger partial charge in [0.25, 0.3) is 0 Å². The van der Waals surface area contributed by atoms with Crippen LogP contribution in [0.1, 0.15) is 6.42 Å². The molecule has 5 atom stereocenters.